The summed E-state index contributed by atoms with van der Waals surface area (Å²) in [5, 5.41) is 0. The van der Waals surface area contributed by atoms with Crippen LogP contribution in [-0.2, 0) is 23.8 Å². The number of benzene rings is 1. The lowest BCUT2D eigenvalue weighted by atomic mass is 9.87. The monoisotopic (exact) mass is 241 g/mol. The third kappa shape index (κ3) is 2.56. The molecule has 0 bridgehead atoms. The van der Waals surface area contributed by atoms with E-state index in [-0.39, 0.29) is 6.04 Å². The van der Waals surface area contributed by atoms with Crippen LogP contribution in [0.5, 0.6) is 0 Å². The van der Waals surface area contributed by atoms with Gasteiger partial charge in [-0.05, 0) is 42.5 Å². The number of hydrogen-bond donors (Lipinski definition) is 0. The summed E-state index contributed by atoms with van der Waals surface area (Å²) in [6.45, 7) is 0. The average molecular weight is 241 g/mol. The van der Waals surface area contributed by atoms with Crippen molar-refractivity contribution in [2.75, 3.05) is 0 Å². The van der Waals surface area contributed by atoms with Gasteiger partial charge in [-0.3, -0.25) is 0 Å². The molecule has 2 nitrogen and oxygen atoms in total. The molecule has 1 unspecified atom stereocenters. The Morgan fingerprint density at radius 3 is 2.71 bits per heavy atom. The van der Waals surface area contributed by atoms with Gasteiger partial charge in [-0.1, -0.05) is 6.07 Å². The van der Waals surface area contributed by atoms with Gasteiger partial charge < -0.3 is 0 Å². The van der Waals surface area contributed by atoms with E-state index in [1.165, 1.54) is 12.1 Å². The molecule has 1 aromatic rings. The van der Waals surface area contributed by atoms with Crippen molar-refractivity contribution < 1.29 is 18.0 Å². The fourth-order valence-electron chi connectivity index (χ4n) is 2.10. The molecule has 90 valence electrons. The van der Waals surface area contributed by atoms with Gasteiger partial charge in [-0.25, -0.2) is 9.79 Å². The van der Waals surface area contributed by atoms with Crippen molar-refractivity contribution in [2.45, 2.75) is 31.5 Å². The summed E-state index contributed by atoms with van der Waals surface area (Å²) in [6.07, 6.45) is -1.13. The van der Waals surface area contributed by atoms with Gasteiger partial charge >= 0.3 is 6.18 Å². The molecule has 1 aliphatic rings. The van der Waals surface area contributed by atoms with Crippen molar-refractivity contribution in [3.63, 3.8) is 0 Å². The molecule has 0 aromatic heterocycles. The van der Waals surface area contributed by atoms with Gasteiger partial charge in [0, 0.05) is 0 Å². The molecule has 0 heterocycles. The topological polar surface area (TPSA) is 29.4 Å². The molecule has 0 N–H and O–H groups in total. The molecule has 0 amide bonds. The molecule has 0 aliphatic heterocycles. The number of fused-ring (bicyclic) bond motifs is 1. The minimum atomic E-state index is -4.32. The molecule has 1 aliphatic carbocycles. The van der Waals surface area contributed by atoms with Crippen LogP contribution in [0.15, 0.2) is 23.2 Å². The Labute approximate surface area is 96.2 Å². The Bertz CT molecular complexity index is 475. The Morgan fingerprint density at radius 2 is 2.06 bits per heavy atom. The van der Waals surface area contributed by atoms with Crippen molar-refractivity contribution in [3.8, 4) is 0 Å². The predicted octanol–water partition coefficient (Wildman–Crippen LogP) is 2.90. The van der Waals surface area contributed by atoms with Gasteiger partial charge in [-0.2, -0.15) is 13.2 Å². The Balaban J connectivity index is 2.32. The van der Waals surface area contributed by atoms with Gasteiger partial charge in [0.15, 0.2) is 0 Å². The van der Waals surface area contributed by atoms with Gasteiger partial charge in [0.2, 0.25) is 6.08 Å². The lowest BCUT2D eigenvalue weighted by Gasteiger charge is -2.21. The molecule has 0 saturated heterocycles. The maximum Gasteiger partial charge on any atom is 0.416 e. The molecule has 0 radical (unpaired) electrons. The minimum absolute atomic E-state index is 0.233. The Morgan fingerprint density at radius 1 is 1.29 bits per heavy atom. The van der Waals surface area contributed by atoms with Crippen LogP contribution in [0.25, 0.3) is 0 Å². The summed E-state index contributed by atoms with van der Waals surface area (Å²) in [7, 11) is 0. The Hall–Kier alpha value is -1.61. The highest BCUT2D eigenvalue weighted by atomic mass is 19.4. The van der Waals surface area contributed by atoms with Gasteiger partial charge in [0.25, 0.3) is 0 Å². The van der Waals surface area contributed by atoms with E-state index in [1.807, 2.05) is 0 Å². The molecule has 0 fully saturated rings. The van der Waals surface area contributed by atoms with Crippen LogP contribution >= 0.6 is 0 Å². The fraction of sp³-hybridized carbons (Fsp3) is 0.417. The van der Waals surface area contributed by atoms with E-state index in [0.717, 1.165) is 17.7 Å². The van der Waals surface area contributed by atoms with Gasteiger partial charge in [0.05, 0.1) is 11.6 Å². The van der Waals surface area contributed by atoms with Crippen LogP contribution in [0.3, 0.4) is 0 Å². The normalized spacial score (nSPS) is 19.4. The number of aryl methyl sites for hydroxylation is 1. The van der Waals surface area contributed by atoms with Crippen LogP contribution < -0.4 is 0 Å². The molecular weight excluding hydrogens is 231 g/mol. The van der Waals surface area contributed by atoms with Gasteiger partial charge in [0.1, 0.15) is 0 Å². The number of carbonyl (C=O) groups excluding carboxylic acids is 1. The summed E-state index contributed by atoms with van der Waals surface area (Å²) in [6, 6.07) is 3.53. The van der Waals surface area contributed by atoms with E-state index >= 15 is 0 Å². The fourth-order valence-corrected chi connectivity index (χ4v) is 2.10. The molecule has 5 heteroatoms. The number of halogens is 3. The smallest absolute Gasteiger partial charge is 0.211 e. The molecule has 0 spiro atoms. The highest BCUT2D eigenvalue weighted by Gasteiger charge is 2.31. The summed E-state index contributed by atoms with van der Waals surface area (Å²) in [4.78, 5) is 13.7. The third-order valence-corrected chi connectivity index (χ3v) is 2.97. The zero-order valence-electron chi connectivity index (χ0n) is 8.92. The number of isocyanates is 1. The van der Waals surface area contributed by atoms with Crippen molar-refractivity contribution in [1.82, 2.24) is 0 Å². The predicted molar refractivity (Wildman–Crippen MR) is 55.4 cm³/mol. The van der Waals surface area contributed by atoms with Crippen molar-refractivity contribution >= 4 is 6.08 Å². The van der Waals surface area contributed by atoms with Crippen molar-refractivity contribution in [1.29, 1.82) is 0 Å². The summed E-state index contributed by atoms with van der Waals surface area (Å²) < 4.78 is 37.6. The number of rotatable bonds is 1. The van der Waals surface area contributed by atoms with Gasteiger partial charge in [-0.15, -0.1) is 0 Å². The SMILES string of the molecule is O=C=NC1CCc2ccc(C(F)(F)F)cc2C1. The van der Waals surface area contributed by atoms with Crippen molar-refractivity contribution in [2.24, 2.45) is 4.99 Å². The maximum atomic E-state index is 12.5. The van der Waals surface area contributed by atoms with Crippen LogP contribution in [0.4, 0.5) is 13.2 Å². The lowest BCUT2D eigenvalue weighted by Crippen LogP contribution is -2.18. The molecule has 2 rings (SSSR count). The van der Waals surface area contributed by atoms with E-state index < -0.39 is 11.7 Å². The minimum Gasteiger partial charge on any atom is -0.211 e. The summed E-state index contributed by atoms with van der Waals surface area (Å²) in [5.74, 6) is 0. The molecule has 17 heavy (non-hydrogen) atoms. The highest BCUT2D eigenvalue weighted by molar-refractivity contribution is 5.38. The number of aliphatic imine (C=N–C) groups is 1. The Kier molecular flexibility index (Phi) is 3.03. The van der Waals surface area contributed by atoms with E-state index in [1.54, 1.807) is 0 Å². The van der Waals surface area contributed by atoms with Crippen LogP contribution in [0, 0.1) is 0 Å². The van der Waals surface area contributed by atoms with Crippen molar-refractivity contribution in [3.05, 3.63) is 34.9 Å². The lowest BCUT2D eigenvalue weighted by molar-refractivity contribution is -0.137. The first-order valence-electron chi connectivity index (χ1n) is 5.26. The third-order valence-electron chi connectivity index (χ3n) is 2.97. The summed E-state index contributed by atoms with van der Waals surface area (Å²) >= 11 is 0. The first-order valence-corrected chi connectivity index (χ1v) is 5.26. The zero-order valence-corrected chi connectivity index (χ0v) is 8.92. The molecule has 0 saturated carbocycles. The summed E-state index contributed by atoms with van der Waals surface area (Å²) in [5.41, 5.74) is 0.900. The zero-order chi connectivity index (χ0) is 12.5. The highest BCUT2D eigenvalue weighted by Crippen LogP contribution is 2.33. The molecule has 1 atom stereocenters. The second-order valence-corrected chi connectivity index (χ2v) is 4.10. The standard InChI is InChI=1S/C12H10F3NO/c13-12(14,15)10-3-1-8-2-4-11(16-7-17)6-9(8)5-10/h1,3,5,11H,2,4,6H2. The van der Waals surface area contributed by atoms with Crippen LogP contribution in [0.2, 0.25) is 0 Å². The van der Waals surface area contributed by atoms with Crippen LogP contribution in [-0.4, -0.2) is 12.1 Å². The quantitative estimate of drug-likeness (QED) is 0.549. The van der Waals surface area contributed by atoms with E-state index in [0.29, 0.717) is 24.8 Å². The van der Waals surface area contributed by atoms with E-state index in [4.69, 9.17) is 0 Å². The van der Waals surface area contributed by atoms with Crippen LogP contribution in [0.1, 0.15) is 23.1 Å². The first kappa shape index (κ1) is 11.9. The largest absolute Gasteiger partial charge is 0.416 e. The molecular formula is C12H10F3NO. The number of hydrogen-bond acceptors (Lipinski definition) is 2. The first-order chi connectivity index (χ1) is 8.00. The molecule has 1 aromatic carbocycles. The number of alkyl halides is 3. The maximum absolute atomic E-state index is 12.5. The second kappa shape index (κ2) is 4.34. The average Bonchev–Trinajstić information content (AvgIpc) is 2.27. The van der Waals surface area contributed by atoms with E-state index in [9.17, 15) is 18.0 Å². The van der Waals surface area contributed by atoms with E-state index in [2.05, 4.69) is 4.99 Å². The number of nitrogens with zero attached hydrogens (tertiary/aromatic N) is 1. The second-order valence-electron chi connectivity index (χ2n) is 4.10.